The van der Waals surface area contributed by atoms with Gasteiger partial charge in [0.25, 0.3) is 0 Å². The van der Waals surface area contributed by atoms with E-state index in [1.165, 1.54) is 12.8 Å². The Hall–Kier alpha value is -0.0800. The van der Waals surface area contributed by atoms with E-state index in [-0.39, 0.29) is 6.04 Å². The largest absolute Gasteiger partial charge is 0.329 e. The van der Waals surface area contributed by atoms with Crippen molar-refractivity contribution in [3.63, 3.8) is 0 Å². The predicted octanol–water partition coefficient (Wildman–Crippen LogP) is 0.463. The molecule has 0 spiro atoms. The Morgan fingerprint density at radius 3 is 2.50 bits per heavy atom. The molecule has 2 heteroatoms. The summed E-state index contributed by atoms with van der Waals surface area (Å²) >= 11 is 0. The summed E-state index contributed by atoms with van der Waals surface area (Å²) in [6.45, 7) is 2.78. The van der Waals surface area contributed by atoms with E-state index in [1.807, 2.05) is 0 Å². The average Bonchev–Trinajstić information content (AvgIpc) is 1.83. The third kappa shape index (κ3) is 4.09. The lowest BCUT2D eigenvalue weighted by atomic mass is 10.1. The zero-order chi connectivity index (χ0) is 6.41. The molecule has 0 saturated heterocycles. The maximum Gasteiger partial charge on any atom is 0.0163 e. The highest BCUT2D eigenvalue weighted by Gasteiger charge is 1.95. The Kier molecular flexibility index (Phi) is 5.01. The smallest absolute Gasteiger partial charge is 0.0163 e. The third-order valence-electron chi connectivity index (χ3n) is 1.23. The molecule has 0 fully saturated rings. The lowest BCUT2D eigenvalue weighted by Gasteiger charge is -2.04. The topological polar surface area (TPSA) is 52.0 Å². The van der Waals surface area contributed by atoms with E-state index in [4.69, 9.17) is 11.5 Å². The lowest BCUT2D eigenvalue weighted by Crippen LogP contribution is -2.29. The van der Waals surface area contributed by atoms with Gasteiger partial charge in [0, 0.05) is 12.6 Å². The van der Waals surface area contributed by atoms with Crippen LogP contribution in [0.5, 0.6) is 0 Å². The van der Waals surface area contributed by atoms with Crippen LogP contribution in [-0.4, -0.2) is 12.6 Å². The van der Waals surface area contributed by atoms with Crippen LogP contribution in [0.25, 0.3) is 0 Å². The molecule has 0 unspecified atom stereocenters. The van der Waals surface area contributed by atoms with Crippen molar-refractivity contribution in [1.29, 1.82) is 0 Å². The van der Waals surface area contributed by atoms with Crippen LogP contribution in [0.3, 0.4) is 0 Å². The van der Waals surface area contributed by atoms with Gasteiger partial charge in [-0.05, 0) is 6.42 Å². The molecule has 0 heterocycles. The normalized spacial score (nSPS) is 13.9. The van der Waals surface area contributed by atoms with Gasteiger partial charge in [0.15, 0.2) is 0 Å². The van der Waals surface area contributed by atoms with Gasteiger partial charge in [0.05, 0.1) is 0 Å². The summed E-state index contributed by atoms with van der Waals surface area (Å²) < 4.78 is 0. The van der Waals surface area contributed by atoms with Gasteiger partial charge in [0.2, 0.25) is 0 Å². The number of nitrogens with two attached hydrogens (primary N) is 2. The van der Waals surface area contributed by atoms with Crippen LogP contribution in [0.1, 0.15) is 26.2 Å². The van der Waals surface area contributed by atoms with Gasteiger partial charge in [0.1, 0.15) is 0 Å². The van der Waals surface area contributed by atoms with Crippen molar-refractivity contribution in [2.45, 2.75) is 32.2 Å². The Morgan fingerprint density at radius 1 is 1.50 bits per heavy atom. The Labute approximate surface area is 51.2 Å². The Morgan fingerprint density at radius 2 is 2.12 bits per heavy atom. The van der Waals surface area contributed by atoms with Crippen LogP contribution in [0.15, 0.2) is 0 Å². The summed E-state index contributed by atoms with van der Waals surface area (Å²) in [7, 11) is 0. The van der Waals surface area contributed by atoms with E-state index in [0.29, 0.717) is 6.54 Å². The second-order valence-corrected chi connectivity index (χ2v) is 2.14. The van der Waals surface area contributed by atoms with Gasteiger partial charge in [-0.15, -0.1) is 0 Å². The van der Waals surface area contributed by atoms with E-state index >= 15 is 0 Å². The summed E-state index contributed by atoms with van der Waals surface area (Å²) in [5.41, 5.74) is 10.8. The summed E-state index contributed by atoms with van der Waals surface area (Å²) in [5, 5.41) is 0. The molecular weight excluding hydrogens is 100 g/mol. The Bertz CT molecular complexity index is 45.8. The molecule has 4 N–H and O–H groups in total. The number of hydrogen-bond acceptors (Lipinski definition) is 2. The van der Waals surface area contributed by atoms with Crippen LogP contribution in [0.2, 0.25) is 0 Å². The minimum absolute atomic E-state index is 0.231. The van der Waals surface area contributed by atoms with E-state index in [2.05, 4.69) is 6.92 Å². The molecule has 0 aromatic rings. The lowest BCUT2D eigenvalue weighted by molar-refractivity contribution is 0.584. The highest BCUT2D eigenvalue weighted by Crippen LogP contribution is 1.95. The summed E-state index contributed by atoms with van der Waals surface area (Å²) in [6, 6.07) is 0.231. The molecule has 0 rings (SSSR count). The molecule has 0 bridgehead atoms. The van der Waals surface area contributed by atoms with Crippen molar-refractivity contribution in [2.24, 2.45) is 11.5 Å². The number of unbranched alkanes of at least 4 members (excludes halogenated alkanes) is 1. The molecule has 50 valence electrons. The van der Waals surface area contributed by atoms with Gasteiger partial charge >= 0.3 is 0 Å². The zero-order valence-electron chi connectivity index (χ0n) is 5.56. The van der Waals surface area contributed by atoms with Gasteiger partial charge < -0.3 is 11.5 Å². The van der Waals surface area contributed by atoms with Crippen molar-refractivity contribution in [2.75, 3.05) is 6.54 Å². The van der Waals surface area contributed by atoms with Gasteiger partial charge in [-0.25, -0.2) is 0 Å². The van der Waals surface area contributed by atoms with Crippen LogP contribution in [0.4, 0.5) is 0 Å². The minimum atomic E-state index is 0.231. The standard InChI is InChI=1S/C6H16N2/c1-2-3-4-6(8)5-7/h6H,2-5,7-8H2,1H3/t6-/m0/s1. The fourth-order valence-electron chi connectivity index (χ4n) is 0.584. The van der Waals surface area contributed by atoms with Crippen molar-refractivity contribution < 1.29 is 0 Å². The third-order valence-corrected chi connectivity index (χ3v) is 1.23. The van der Waals surface area contributed by atoms with E-state index in [1.54, 1.807) is 0 Å². The highest BCUT2D eigenvalue weighted by molar-refractivity contribution is 4.59. The first-order chi connectivity index (χ1) is 3.81. The first-order valence-electron chi connectivity index (χ1n) is 3.27. The van der Waals surface area contributed by atoms with Gasteiger partial charge in [-0.3, -0.25) is 0 Å². The highest BCUT2D eigenvalue weighted by atomic mass is 14.7. The van der Waals surface area contributed by atoms with Crippen LogP contribution in [-0.2, 0) is 0 Å². The molecular formula is C6H16N2. The van der Waals surface area contributed by atoms with E-state index < -0.39 is 0 Å². The van der Waals surface area contributed by atoms with E-state index in [9.17, 15) is 0 Å². The molecule has 1 atom stereocenters. The maximum atomic E-state index is 5.53. The van der Waals surface area contributed by atoms with Crippen molar-refractivity contribution >= 4 is 0 Å². The molecule has 0 aliphatic carbocycles. The predicted molar refractivity (Wildman–Crippen MR) is 36.6 cm³/mol. The first-order valence-corrected chi connectivity index (χ1v) is 3.27. The molecule has 0 radical (unpaired) electrons. The zero-order valence-corrected chi connectivity index (χ0v) is 5.56. The minimum Gasteiger partial charge on any atom is -0.329 e. The average molecular weight is 116 g/mol. The van der Waals surface area contributed by atoms with Crippen LogP contribution in [0, 0.1) is 0 Å². The van der Waals surface area contributed by atoms with Crippen molar-refractivity contribution in [3.05, 3.63) is 0 Å². The molecule has 2 nitrogen and oxygen atoms in total. The van der Waals surface area contributed by atoms with Crippen molar-refractivity contribution in [3.8, 4) is 0 Å². The molecule has 0 aliphatic rings. The Balaban J connectivity index is 2.86. The first kappa shape index (κ1) is 7.92. The quantitative estimate of drug-likeness (QED) is 0.560. The second kappa shape index (κ2) is 5.06. The number of rotatable bonds is 4. The summed E-state index contributed by atoms with van der Waals surface area (Å²) in [4.78, 5) is 0. The fraction of sp³-hybridized carbons (Fsp3) is 1.00. The number of hydrogen-bond donors (Lipinski definition) is 2. The molecule has 0 aromatic heterocycles. The molecule has 0 aromatic carbocycles. The van der Waals surface area contributed by atoms with Crippen molar-refractivity contribution in [1.82, 2.24) is 0 Å². The summed E-state index contributed by atoms with van der Waals surface area (Å²) in [5.74, 6) is 0. The fourth-order valence-corrected chi connectivity index (χ4v) is 0.584. The van der Waals surface area contributed by atoms with Gasteiger partial charge in [-0.2, -0.15) is 0 Å². The maximum absolute atomic E-state index is 5.53. The molecule has 0 aliphatic heterocycles. The monoisotopic (exact) mass is 116 g/mol. The molecule has 0 saturated carbocycles. The van der Waals surface area contributed by atoms with E-state index in [0.717, 1.165) is 6.42 Å². The summed E-state index contributed by atoms with van der Waals surface area (Å²) in [6.07, 6.45) is 3.50. The molecule has 8 heavy (non-hydrogen) atoms. The SMILES string of the molecule is CCCC[C@H](N)CN. The second-order valence-electron chi connectivity index (χ2n) is 2.14. The molecule has 0 amide bonds. The van der Waals surface area contributed by atoms with Crippen LogP contribution < -0.4 is 11.5 Å². The van der Waals surface area contributed by atoms with Crippen LogP contribution >= 0.6 is 0 Å². The van der Waals surface area contributed by atoms with Gasteiger partial charge in [-0.1, -0.05) is 19.8 Å².